The summed E-state index contributed by atoms with van der Waals surface area (Å²) in [4.78, 5) is 11.6. The third-order valence-corrected chi connectivity index (χ3v) is 8.62. The van der Waals surface area contributed by atoms with E-state index in [0.29, 0.717) is 17.4 Å². The van der Waals surface area contributed by atoms with Crippen molar-refractivity contribution in [1.29, 1.82) is 0 Å². The summed E-state index contributed by atoms with van der Waals surface area (Å²) in [6.45, 7) is -0.584. The Hall–Kier alpha value is -1.30. The van der Waals surface area contributed by atoms with Crippen LogP contribution >= 0.6 is 0 Å². The fraction of sp³-hybridized carbons (Fsp3) is 0.750. The lowest BCUT2D eigenvalue weighted by molar-refractivity contribution is -0.645. The molecular formula is C24H32O9. The molecule has 33 heavy (non-hydrogen) atoms. The Labute approximate surface area is 196 Å². The average molecular weight is 468 g/mol. The van der Waals surface area contributed by atoms with Crippen LogP contribution in [-0.2, 0) is 25.0 Å². The number of aliphatic hydroxyl groups is 4. The Morgan fingerprint density at radius 2 is 1.73 bits per heavy atom. The van der Waals surface area contributed by atoms with E-state index in [-0.39, 0.29) is 17.6 Å². The lowest BCUT2D eigenvalue weighted by Gasteiger charge is -2.68. The summed E-state index contributed by atoms with van der Waals surface area (Å²) < 4.78 is 40.8. The highest BCUT2D eigenvalue weighted by molar-refractivity contribution is 5.36. The summed E-state index contributed by atoms with van der Waals surface area (Å²) >= 11 is 0. The van der Waals surface area contributed by atoms with E-state index in [1.165, 1.54) is 6.42 Å². The van der Waals surface area contributed by atoms with Gasteiger partial charge >= 0.3 is 0 Å². The summed E-state index contributed by atoms with van der Waals surface area (Å²) in [7, 11) is -2.76. The molecule has 1 aromatic carbocycles. The average Bonchev–Trinajstić information content (AvgIpc) is 2.81. The molecule has 1 aromatic rings. The molecule has 3 unspecified atom stereocenters. The van der Waals surface area contributed by atoms with E-state index in [1.807, 2.05) is 0 Å². The molecule has 4 aliphatic carbocycles. The van der Waals surface area contributed by atoms with Gasteiger partial charge in [0.15, 0.2) is 5.60 Å². The minimum atomic E-state index is -2.76. The first-order valence-electron chi connectivity index (χ1n) is 13.2. The molecule has 2 aliphatic heterocycles. The van der Waals surface area contributed by atoms with Crippen molar-refractivity contribution in [2.24, 2.45) is 23.7 Å². The highest BCUT2D eigenvalue weighted by Crippen LogP contribution is 2.69. The smallest absolute Gasteiger partial charge is 0.260 e. The number of hydrogen-bond acceptors (Lipinski definition) is 9. The molecule has 9 nitrogen and oxygen atoms in total. The lowest BCUT2D eigenvalue weighted by atomic mass is 9.47. The van der Waals surface area contributed by atoms with Gasteiger partial charge in [0.1, 0.15) is 30.2 Å². The molecule has 2 heterocycles. The van der Waals surface area contributed by atoms with Crippen molar-refractivity contribution in [3.8, 4) is 5.75 Å². The highest BCUT2D eigenvalue weighted by atomic mass is 17.3. The topological polar surface area (TPSA) is 127 Å². The van der Waals surface area contributed by atoms with Crippen LogP contribution in [0.4, 0.5) is 0 Å². The van der Waals surface area contributed by atoms with Gasteiger partial charge in [-0.15, -0.1) is 0 Å². The van der Waals surface area contributed by atoms with Gasteiger partial charge in [-0.1, -0.05) is 12.1 Å². The largest absolute Gasteiger partial charge is 0.462 e. The van der Waals surface area contributed by atoms with Crippen molar-refractivity contribution < 1.29 is 48.5 Å². The predicted octanol–water partition coefficient (Wildman–Crippen LogP) is 0.821. The summed E-state index contributed by atoms with van der Waals surface area (Å²) in [6, 6.07) is 6.48. The van der Waals surface area contributed by atoms with E-state index < -0.39 is 55.7 Å². The SMILES string of the molecule is [2H]C([2H])([2H])OC1(c2cccc(O[C@@H]3OC(CO)[C@@H](O)C(O)[C@@H]3O)c2)OOC12C1CC3CC(C1)CC2C3. The Morgan fingerprint density at radius 3 is 2.33 bits per heavy atom. The molecule has 2 saturated heterocycles. The van der Waals surface area contributed by atoms with Crippen LogP contribution in [0.5, 0.6) is 5.75 Å². The van der Waals surface area contributed by atoms with Gasteiger partial charge in [0.25, 0.3) is 5.79 Å². The third-order valence-electron chi connectivity index (χ3n) is 8.62. The van der Waals surface area contributed by atoms with E-state index in [0.717, 1.165) is 25.7 Å². The lowest BCUT2D eigenvalue weighted by Crippen LogP contribution is -2.76. The van der Waals surface area contributed by atoms with Crippen molar-refractivity contribution >= 4 is 0 Å². The molecule has 9 heteroatoms. The van der Waals surface area contributed by atoms with Crippen LogP contribution in [0.1, 0.15) is 41.8 Å². The van der Waals surface area contributed by atoms with Crippen LogP contribution in [0.15, 0.2) is 24.3 Å². The number of rotatable bonds is 5. The fourth-order valence-corrected chi connectivity index (χ4v) is 7.27. The van der Waals surface area contributed by atoms with Crippen LogP contribution in [-0.4, -0.2) is 70.4 Å². The van der Waals surface area contributed by atoms with Crippen LogP contribution in [0.2, 0.25) is 0 Å². The van der Waals surface area contributed by atoms with Gasteiger partial charge < -0.3 is 34.6 Å². The Kier molecular flexibility index (Phi) is 4.51. The molecule has 4 N–H and O–H groups in total. The molecule has 6 fully saturated rings. The Balaban J connectivity index is 1.34. The van der Waals surface area contributed by atoms with Crippen molar-refractivity contribution in [2.45, 2.75) is 74.2 Å². The molecule has 6 atom stereocenters. The maximum absolute atomic E-state index is 10.4. The summed E-state index contributed by atoms with van der Waals surface area (Å²) in [5.41, 5.74) is -0.532. The monoisotopic (exact) mass is 467 g/mol. The molecule has 182 valence electrons. The standard InChI is InChI=1S/C24H32O9/c1-29-24(23(32-33-24)15-6-12-5-13(8-15)9-16(23)7-12)14-3-2-4-17(10-14)30-22-21(28)20(27)19(26)18(11-25)31-22/h2-4,10,12-13,15-16,18-22,25-28H,5-9,11H2,1H3/t12?,13?,15?,16?,18?,19-,20?,21+,22-,23?,24?/m1/s1/i1D3. The van der Waals surface area contributed by atoms with Crippen LogP contribution in [0.3, 0.4) is 0 Å². The van der Waals surface area contributed by atoms with Crippen molar-refractivity contribution in [2.75, 3.05) is 13.6 Å². The van der Waals surface area contributed by atoms with E-state index in [9.17, 15) is 20.4 Å². The number of hydrogen-bond donors (Lipinski definition) is 4. The quantitative estimate of drug-likeness (QED) is 0.466. The fourth-order valence-electron chi connectivity index (χ4n) is 7.27. The molecule has 1 spiro atoms. The number of methoxy groups -OCH3 is 1. The first kappa shape index (κ1) is 19.0. The molecule has 0 amide bonds. The summed E-state index contributed by atoms with van der Waals surface area (Å²) in [6.07, 6.45) is -2.25. The molecule has 6 aliphatic rings. The maximum Gasteiger partial charge on any atom is 0.260 e. The van der Waals surface area contributed by atoms with Gasteiger partial charge in [-0.2, -0.15) is 4.89 Å². The number of aliphatic hydroxyl groups excluding tert-OH is 4. The predicted molar refractivity (Wildman–Crippen MR) is 111 cm³/mol. The second-order valence-electron chi connectivity index (χ2n) is 10.3. The first-order valence-corrected chi connectivity index (χ1v) is 11.7. The van der Waals surface area contributed by atoms with E-state index in [2.05, 4.69) is 0 Å². The summed E-state index contributed by atoms with van der Waals surface area (Å²) in [5, 5.41) is 40.0. The van der Waals surface area contributed by atoms with Gasteiger partial charge in [-0.3, -0.25) is 0 Å². The molecule has 0 radical (unpaired) electrons. The molecule has 0 aromatic heterocycles. The third kappa shape index (κ3) is 3.01. The van der Waals surface area contributed by atoms with Crippen molar-refractivity contribution in [1.82, 2.24) is 0 Å². The maximum atomic E-state index is 10.4. The van der Waals surface area contributed by atoms with E-state index >= 15 is 0 Å². The second kappa shape index (κ2) is 7.86. The Bertz CT molecular complexity index is 960. The molecule has 4 saturated carbocycles. The van der Waals surface area contributed by atoms with Crippen LogP contribution in [0.25, 0.3) is 0 Å². The minimum absolute atomic E-state index is 0.0971. The molecule has 4 bridgehead atoms. The van der Waals surface area contributed by atoms with Crippen LogP contribution < -0.4 is 4.74 Å². The second-order valence-corrected chi connectivity index (χ2v) is 10.3. The number of benzene rings is 1. The van der Waals surface area contributed by atoms with E-state index in [4.69, 9.17) is 28.1 Å². The van der Waals surface area contributed by atoms with Crippen LogP contribution in [0, 0.1) is 23.7 Å². The molecule has 7 rings (SSSR count). The van der Waals surface area contributed by atoms with Crippen molar-refractivity contribution in [3.05, 3.63) is 29.8 Å². The van der Waals surface area contributed by atoms with Crippen molar-refractivity contribution in [3.63, 3.8) is 0 Å². The zero-order valence-corrected chi connectivity index (χ0v) is 18.1. The van der Waals surface area contributed by atoms with E-state index in [1.54, 1.807) is 24.3 Å². The zero-order valence-electron chi connectivity index (χ0n) is 21.1. The zero-order chi connectivity index (χ0) is 25.5. The van der Waals surface area contributed by atoms with Gasteiger partial charge in [-0.05, 0) is 67.9 Å². The Morgan fingerprint density at radius 1 is 1.00 bits per heavy atom. The number of ether oxygens (including phenoxy) is 3. The summed E-state index contributed by atoms with van der Waals surface area (Å²) in [5.74, 6) is -0.0721. The first-order chi connectivity index (χ1) is 17.1. The van der Waals surface area contributed by atoms with Gasteiger partial charge in [0.05, 0.1) is 10.7 Å². The van der Waals surface area contributed by atoms with Gasteiger partial charge in [0, 0.05) is 12.6 Å². The van der Waals surface area contributed by atoms with Gasteiger partial charge in [0.2, 0.25) is 6.29 Å². The van der Waals surface area contributed by atoms with Gasteiger partial charge in [-0.25, -0.2) is 4.89 Å². The normalized spacial score (nSPS) is 52.1. The highest BCUT2D eigenvalue weighted by Gasteiger charge is 2.76. The minimum Gasteiger partial charge on any atom is -0.462 e. The molecular weight excluding hydrogens is 432 g/mol.